The van der Waals surface area contributed by atoms with E-state index in [0.29, 0.717) is 23.4 Å². The molecular formula is C29H26FN3O3S. The van der Waals surface area contributed by atoms with Crippen molar-refractivity contribution in [3.63, 3.8) is 0 Å². The molecule has 0 bridgehead atoms. The van der Waals surface area contributed by atoms with Crippen LogP contribution in [0, 0.1) is 5.82 Å². The van der Waals surface area contributed by atoms with Crippen molar-refractivity contribution in [1.29, 1.82) is 0 Å². The van der Waals surface area contributed by atoms with E-state index in [0.717, 1.165) is 30.0 Å². The number of benzene rings is 2. The Bertz CT molecular complexity index is 1490. The molecule has 188 valence electrons. The quantitative estimate of drug-likeness (QED) is 0.318. The summed E-state index contributed by atoms with van der Waals surface area (Å²) in [5.74, 6) is -0.780. The monoisotopic (exact) mass is 515 g/mol. The zero-order chi connectivity index (χ0) is 25.5. The number of urea groups is 1. The van der Waals surface area contributed by atoms with Gasteiger partial charge in [-0.3, -0.25) is 0 Å². The number of aryl methyl sites for hydroxylation is 1. The largest absolute Gasteiger partial charge is 0.465 e. The Hall–Kier alpha value is -3.91. The molecule has 1 unspecified atom stereocenters. The van der Waals surface area contributed by atoms with Crippen molar-refractivity contribution in [2.75, 3.05) is 12.4 Å². The van der Waals surface area contributed by atoms with Crippen LogP contribution in [-0.2, 0) is 24.1 Å². The molecule has 6 nitrogen and oxygen atoms in total. The highest BCUT2D eigenvalue weighted by Gasteiger charge is 2.36. The summed E-state index contributed by atoms with van der Waals surface area (Å²) in [7, 11) is 1.33. The van der Waals surface area contributed by atoms with E-state index in [4.69, 9.17) is 4.74 Å². The van der Waals surface area contributed by atoms with Crippen LogP contribution in [-0.4, -0.2) is 28.6 Å². The van der Waals surface area contributed by atoms with E-state index < -0.39 is 12.0 Å². The van der Waals surface area contributed by atoms with E-state index in [1.54, 1.807) is 35.2 Å². The number of thiophene rings is 1. The summed E-state index contributed by atoms with van der Waals surface area (Å²) in [4.78, 5) is 28.9. The number of carbonyl (C=O) groups excluding carboxylic acids is 2. The fourth-order valence-electron chi connectivity index (χ4n) is 5.42. The van der Waals surface area contributed by atoms with Crippen LogP contribution in [0.2, 0.25) is 0 Å². The molecule has 1 aliphatic carbocycles. The fraction of sp³-hybridized carbons (Fsp3) is 0.241. The minimum absolute atomic E-state index is 0.295. The van der Waals surface area contributed by atoms with Gasteiger partial charge in [-0.05, 0) is 85.3 Å². The SMILES string of the molecule is COC(=O)c1ccc(NC(=O)N2Cc3c(sc4c3CCCC4)-n3cccc3C2c2cccc(F)c2)cc1. The third-order valence-corrected chi connectivity index (χ3v) is 8.49. The van der Waals surface area contributed by atoms with Gasteiger partial charge in [-0.2, -0.15) is 0 Å². The first-order valence-corrected chi connectivity index (χ1v) is 13.2. The van der Waals surface area contributed by atoms with Crippen LogP contribution in [0.25, 0.3) is 5.00 Å². The van der Waals surface area contributed by atoms with E-state index in [1.165, 1.54) is 41.7 Å². The third kappa shape index (κ3) is 4.21. The second kappa shape index (κ2) is 9.52. The average molecular weight is 516 g/mol. The van der Waals surface area contributed by atoms with E-state index in [9.17, 15) is 14.0 Å². The van der Waals surface area contributed by atoms with Crippen molar-refractivity contribution in [3.8, 4) is 5.00 Å². The smallest absolute Gasteiger partial charge is 0.337 e. The van der Waals surface area contributed by atoms with Gasteiger partial charge in [0, 0.05) is 22.3 Å². The Kier molecular flexibility index (Phi) is 6.04. The van der Waals surface area contributed by atoms with Crippen LogP contribution in [0.1, 0.15) is 56.5 Å². The number of halogens is 1. The number of anilines is 1. The van der Waals surface area contributed by atoms with Crippen LogP contribution in [0.4, 0.5) is 14.9 Å². The Morgan fingerprint density at radius 1 is 1.03 bits per heavy atom. The fourth-order valence-corrected chi connectivity index (χ4v) is 6.82. The van der Waals surface area contributed by atoms with Gasteiger partial charge in [0.2, 0.25) is 0 Å². The second-order valence-corrected chi connectivity index (χ2v) is 10.5. The predicted molar refractivity (Wildman–Crippen MR) is 141 cm³/mol. The molecule has 0 spiro atoms. The highest BCUT2D eigenvalue weighted by molar-refractivity contribution is 7.15. The molecule has 0 radical (unpaired) electrons. The van der Waals surface area contributed by atoms with Gasteiger partial charge in [0.25, 0.3) is 0 Å². The lowest BCUT2D eigenvalue weighted by atomic mass is 9.95. The number of esters is 1. The molecule has 0 saturated heterocycles. The zero-order valence-corrected chi connectivity index (χ0v) is 21.2. The lowest BCUT2D eigenvalue weighted by Crippen LogP contribution is -2.38. The van der Waals surface area contributed by atoms with E-state index in [1.807, 2.05) is 35.7 Å². The topological polar surface area (TPSA) is 63.6 Å². The van der Waals surface area contributed by atoms with Crippen molar-refractivity contribution < 1.29 is 18.7 Å². The number of methoxy groups -OCH3 is 1. The molecule has 1 aliphatic heterocycles. The number of nitrogens with zero attached hydrogens (tertiary/aromatic N) is 2. The summed E-state index contributed by atoms with van der Waals surface area (Å²) in [5.41, 5.74) is 5.11. The maximum atomic E-state index is 14.4. The van der Waals surface area contributed by atoms with Gasteiger partial charge in [0.05, 0.1) is 31.0 Å². The standard InChI is InChI=1S/C29H26FN3O3S/c1-36-28(34)18-11-13-21(14-12-18)31-29(35)33-17-23-22-8-2-3-10-25(22)37-27(23)32-15-5-9-24(32)26(33)19-6-4-7-20(30)16-19/h4-7,9,11-16,26H,2-3,8,10,17H2,1H3,(H,31,35). The van der Waals surface area contributed by atoms with Crippen molar-refractivity contribution in [3.05, 3.63) is 106 Å². The van der Waals surface area contributed by atoms with Crippen molar-refractivity contribution in [2.24, 2.45) is 0 Å². The van der Waals surface area contributed by atoms with Gasteiger partial charge < -0.3 is 19.5 Å². The molecular weight excluding hydrogens is 489 g/mol. The molecule has 4 aromatic rings. The first kappa shape index (κ1) is 23.5. The third-order valence-electron chi connectivity index (χ3n) is 7.16. The lowest BCUT2D eigenvalue weighted by molar-refractivity contribution is 0.0600. The highest BCUT2D eigenvalue weighted by Crippen LogP contribution is 2.44. The number of amides is 2. The van der Waals surface area contributed by atoms with Crippen LogP contribution in [0.15, 0.2) is 66.9 Å². The summed E-state index contributed by atoms with van der Waals surface area (Å²) in [6.07, 6.45) is 6.43. The maximum Gasteiger partial charge on any atom is 0.337 e. The Balaban J connectivity index is 1.44. The van der Waals surface area contributed by atoms with E-state index in [2.05, 4.69) is 9.88 Å². The average Bonchev–Trinajstić information content (AvgIpc) is 3.50. The van der Waals surface area contributed by atoms with Gasteiger partial charge in [-0.15, -0.1) is 11.3 Å². The van der Waals surface area contributed by atoms with Crippen LogP contribution < -0.4 is 5.32 Å². The maximum absolute atomic E-state index is 14.4. The first-order chi connectivity index (χ1) is 18.0. The van der Waals surface area contributed by atoms with Crippen molar-refractivity contribution in [1.82, 2.24) is 9.47 Å². The molecule has 2 amide bonds. The summed E-state index contributed by atoms with van der Waals surface area (Å²) >= 11 is 1.81. The number of ether oxygens (including phenoxy) is 1. The normalized spacial score (nSPS) is 16.3. The van der Waals surface area contributed by atoms with Gasteiger partial charge in [0.1, 0.15) is 10.8 Å². The van der Waals surface area contributed by atoms with Crippen molar-refractivity contribution >= 4 is 29.0 Å². The highest BCUT2D eigenvalue weighted by atomic mass is 32.1. The first-order valence-electron chi connectivity index (χ1n) is 12.4. The van der Waals surface area contributed by atoms with E-state index in [-0.39, 0.29) is 11.8 Å². The van der Waals surface area contributed by atoms with E-state index >= 15 is 0 Å². The summed E-state index contributed by atoms with van der Waals surface area (Å²) in [6, 6.07) is 16.3. The predicted octanol–water partition coefficient (Wildman–Crippen LogP) is 6.48. The molecule has 6 rings (SSSR count). The van der Waals surface area contributed by atoms with Gasteiger partial charge in [0.15, 0.2) is 0 Å². The van der Waals surface area contributed by atoms with Crippen LogP contribution in [0.5, 0.6) is 0 Å². The number of fused-ring (bicyclic) bond motifs is 5. The molecule has 3 heterocycles. The number of hydrogen-bond donors (Lipinski definition) is 1. The number of hydrogen-bond acceptors (Lipinski definition) is 4. The minimum atomic E-state index is -0.487. The number of rotatable bonds is 3. The van der Waals surface area contributed by atoms with Gasteiger partial charge in [-0.25, -0.2) is 14.0 Å². The molecule has 2 aliphatic rings. The number of nitrogens with one attached hydrogen (secondary N) is 1. The molecule has 1 N–H and O–H groups in total. The zero-order valence-electron chi connectivity index (χ0n) is 20.4. The molecule has 2 aromatic heterocycles. The Morgan fingerprint density at radius 3 is 2.62 bits per heavy atom. The lowest BCUT2D eigenvalue weighted by Gasteiger charge is -2.31. The van der Waals surface area contributed by atoms with Crippen molar-refractivity contribution in [2.45, 2.75) is 38.3 Å². The Morgan fingerprint density at radius 2 is 1.84 bits per heavy atom. The molecule has 2 aromatic carbocycles. The summed E-state index contributed by atoms with van der Waals surface area (Å²) in [5, 5.41) is 4.14. The van der Waals surface area contributed by atoms with Crippen LogP contribution >= 0.6 is 11.3 Å². The minimum Gasteiger partial charge on any atom is -0.465 e. The molecule has 8 heteroatoms. The van der Waals surface area contributed by atoms with Crippen LogP contribution in [0.3, 0.4) is 0 Å². The van der Waals surface area contributed by atoms with Gasteiger partial charge >= 0.3 is 12.0 Å². The summed E-state index contributed by atoms with van der Waals surface area (Å²) < 4.78 is 21.3. The second-order valence-electron chi connectivity index (χ2n) is 9.38. The number of carbonyl (C=O) groups is 2. The number of aromatic nitrogens is 1. The van der Waals surface area contributed by atoms with Gasteiger partial charge in [-0.1, -0.05) is 12.1 Å². The molecule has 37 heavy (non-hydrogen) atoms. The summed E-state index contributed by atoms with van der Waals surface area (Å²) in [6.45, 7) is 0.413. The molecule has 0 saturated carbocycles. The Labute approximate surface area is 218 Å². The molecule has 0 fully saturated rings. The molecule has 1 atom stereocenters.